The maximum Gasteiger partial charge on any atom is 0.284 e. The lowest BCUT2D eigenvalue weighted by Crippen LogP contribution is -2.35. The van der Waals surface area contributed by atoms with Crippen LogP contribution in [0.5, 0.6) is 0 Å². The number of nitrogens with zero attached hydrogens (tertiary/aromatic N) is 1. The first-order valence-corrected chi connectivity index (χ1v) is 9.26. The number of amides is 2. The zero-order chi connectivity index (χ0) is 18.0. The Labute approximate surface area is 155 Å². The molecule has 5 nitrogen and oxygen atoms in total. The van der Waals surface area contributed by atoms with Crippen molar-refractivity contribution in [1.82, 2.24) is 10.4 Å². The average Bonchev–Trinajstić information content (AvgIpc) is 3.04. The number of benzene rings is 1. The fourth-order valence-corrected chi connectivity index (χ4v) is 4.19. The maximum atomic E-state index is 12.6. The Morgan fingerprint density at radius 1 is 1.36 bits per heavy atom. The Morgan fingerprint density at radius 3 is 2.76 bits per heavy atom. The molecule has 1 aromatic carbocycles. The molecule has 0 saturated carbocycles. The van der Waals surface area contributed by atoms with E-state index in [-0.39, 0.29) is 11.8 Å². The molecule has 25 heavy (non-hydrogen) atoms. The summed E-state index contributed by atoms with van der Waals surface area (Å²) in [5, 5.41) is 9.43. The standard InChI is InChI=1S/C18H19ClN2O3S/c1-11(12-2-4-14(19)5-3-12)8-17(22)21-7-6-15-13(10-21)9-16(25-15)18(23)20-24/h2-5,9,11,24H,6-8,10H2,1H3,(H,20,23)/t11-/m1/s1. The van der Waals surface area contributed by atoms with E-state index in [2.05, 4.69) is 0 Å². The third kappa shape index (κ3) is 4.03. The van der Waals surface area contributed by atoms with Crippen LogP contribution in [0.2, 0.25) is 5.02 Å². The Kier molecular flexibility index (Phi) is 5.42. The van der Waals surface area contributed by atoms with Crippen LogP contribution in [-0.4, -0.2) is 28.5 Å². The van der Waals surface area contributed by atoms with E-state index in [4.69, 9.17) is 16.8 Å². The molecule has 0 fully saturated rings. The molecule has 1 aliphatic rings. The number of nitrogens with one attached hydrogen (secondary N) is 1. The summed E-state index contributed by atoms with van der Waals surface area (Å²) in [5.41, 5.74) is 3.73. The van der Waals surface area contributed by atoms with E-state index < -0.39 is 5.91 Å². The molecular weight excluding hydrogens is 360 g/mol. The largest absolute Gasteiger partial charge is 0.338 e. The molecule has 2 heterocycles. The number of hydrogen-bond acceptors (Lipinski definition) is 4. The highest BCUT2D eigenvalue weighted by Gasteiger charge is 2.25. The van der Waals surface area contributed by atoms with Crippen LogP contribution in [0.15, 0.2) is 30.3 Å². The van der Waals surface area contributed by atoms with Crippen molar-refractivity contribution in [2.24, 2.45) is 0 Å². The molecule has 0 unspecified atom stereocenters. The van der Waals surface area contributed by atoms with E-state index in [9.17, 15) is 9.59 Å². The maximum absolute atomic E-state index is 12.6. The number of halogens is 1. The minimum absolute atomic E-state index is 0.104. The van der Waals surface area contributed by atoms with Crippen molar-refractivity contribution in [2.45, 2.75) is 32.2 Å². The third-order valence-corrected chi connectivity index (χ3v) is 5.95. The number of hydrogen-bond donors (Lipinski definition) is 2. The average molecular weight is 379 g/mol. The van der Waals surface area contributed by atoms with Crippen LogP contribution in [0.1, 0.15) is 44.9 Å². The first-order valence-electron chi connectivity index (χ1n) is 8.07. The van der Waals surface area contributed by atoms with Gasteiger partial charge in [0.05, 0.1) is 4.88 Å². The van der Waals surface area contributed by atoms with Gasteiger partial charge in [-0.15, -0.1) is 11.3 Å². The van der Waals surface area contributed by atoms with Crippen LogP contribution < -0.4 is 5.48 Å². The van der Waals surface area contributed by atoms with Crippen molar-refractivity contribution in [3.63, 3.8) is 0 Å². The van der Waals surface area contributed by atoms with Gasteiger partial charge in [-0.25, -0.2) is 5.48 Å². The summed E-state index contributed by atoms with van der Waals surface area (Å²) in [5.74, 6) is -0.287. The number of thiophene rings is 1. The lowest BCUT2D eigenvalue weighted by atomic mass is 9.96. The van der Waals surface area contributed by atoms with Crippen LogP contribution in [-0.2, 0) is 17.8 Å². The molecule has 132 valence electrons. The molecule has 1 aromatic heterocycles. The summed E-state index contributed by atoms with van der Waals surface area (Å²) >= 11 is 7.28. The molecule has 0 saturated heterocycles. The Balaban J connectivity index is 1.65. The van der Waals surface area contributed by atoms with Gasteiger partial charge in [-0.05, 0) is 41.7 Å². The van der Waals surface area contributed by atoms with Crippen molar-refractivity contribution in [3.8, 4) is 0 Å². The van der Waals surface area contributed by atoms with Crippen LogP contribution in [0, 0.1) is 0 Å². The summed E-state index contributed by atoms with van der Waals surface area (Å²) in [6, 6.07) is 9.34. The molecule has 3 rings (SSSR count). The molecule has 0 radical (unpaired) electrons. The van der Waals surface area contributed by atoms with Gasteiger partial charge in [-0.1, -0.05) is 30.7 Å². The van der Waals surface area contributed by atoms with Gasteiger partial charge in [-0.3, -0.25) is 14.8 Å². The molecule has 0 bridgehead atoms. The fraction of sp³-hybridized carbons (Fsp3) is 0.333. The second-order valence-corrected chi connectivity index (χ2v) is 7.80. The lowest BCUT2D eigenvalue weighted by molar-refractivity contribution is -0.132. The highest BCUT2D eigenvalue weighted by molar-refractivity contribution is 7.14. The van der Waals surface area contributed by atoms with Gasteiger partial charge in [0.25, 0.3) is 5.91 Å². The lowest BCUT2D eigenvalue weighted by Gasteiger charge is -2.28. The molecule has 0 aliphatic carbocycles. The van der Waals surface area contributed by atoms with Gasteiger partial charge in [0.15, 0.2) is 0 Å². The zero-order valence-electron chi connectivity index (χ0n) is 13.8. The number of fused-ring (bicyclic) bond motifs is 1. The number of carbonyl (C=O) groups is 2. The first kappa shape index (κ1) is 17.9. The summed E-state index contributed by atoms with van der Waals surface area (Å²) in [6.07, 6.45) is 1.17. The number of carbonyl (C=O) groups excluding carboxylic acids is 2. The second-order valence-electron chi connectivity index (χ2n) is 6.22. The van der Waals surface area contributed by atoms with Gasteiger partial charge >= 0.3 is 0 Å². The van der Waals surface area contributed by atoms with E-state index in [0.29, 0.717) is 29.4 Å². The molecule has 1 aliphatic heterocycles. The quantitative estimate of drug-likeness (QED) is 0.630. The van der Waals surface area contributed by atoms with Crippen LogP contribution >= 0.6 is 22.9 Å². The van der Waals surface area contributed by atoms with Gasteiger partial charge in [0.1, 0.15) is 0 Å². The second kappa shape index (κ2) is 7.56. The van der Waals surface area contributed by atoms with Crippen LogP contribution in [0.3, 0.4) is 0 Å². The topological polar surface area (TPSA) is 69.6 Å². The van der Waals surface area contributed by atoms with Crippen molar-refractivity contribution >= 4 is 34.8 Å². The first-order chi connectivity index (χ1) is 12.0. The van der Waals surface area contributed by atoms with E-state index in [0.717, 1.165) is 22.4 Å². The molecule has 2 amide bonds. The number of hydroxylamine groups is 1. The number of rotatable bonds is 4. The van der Waals surface area contributed by atoms with Gasteiger partial charge < -0.3 is 4.90 Å². The van der Waals surface area contributed by atoms with E-state index in [1.807, 2.05) is 36.1 Å². The normalized spacial score (nSPS) is 14.8. The Hall–Kier alpha value is -1.89. The minimum Gasteiger partial charge on any atom is -0.338 e. The minimum atomic E-state index is -0.506. The van der Waals surface area contributed by atoms with E-state index >= 15 is 0 Å². The Morgan fingerprint density at radius 2 is 2.08 bits per heavy atom. The predicted octanol–water partition coefficient (Wildman–Crippen LogP) is 3.60. The van der Waals surface area contributed by atoms with Crippen molar-refractivity contribution in [2.75, 3.05) is 6.54 Å². The summed E-state index contributed by atoms with van der Waals surface area (Å²) < 4.78 is 0. The van der Waals surface area contributed by atoms with Crippen LogP contribution in [0.4, 0.5) is 0 Å². The smallest absolute Gasteiger partial charge is 0.284 e. The molecule has 2 N–H and O–H groups in total. The highest BCUT2D eigenvalue weighted by atomic mass is 35.5. The summed E-state index contributed by atoms with van der Waals surface area (Å²) in [4.78, 5) is 27.6. The summed E-state index contributed by atoms with van der Waals surface area (Å²) in [7, 11) is 0. The molecular formula is C18H19ClN2O3S. The van der Waals surface area contributed by atoms with Gasteiger partial charge in [0, 0.05) is 29.4 Å². The van der Waals surface area contributed by atoms with Crippen molar-refractivity contribution in [3.05, 3.63) is 56.2 Å². The molecule has 0 spiro atoms. The SMILES string of the molecule is C[C@H](CC(=O)N1CCc2sc(C(=O)NO)cc2C1)c1ccc(Cl)cc1. The highest BCUT2D eigenvalue weighted by Crippen LogP contribution is 2.29. The van der Waals surface area contributed by atoms with Gasteiger partial charge in [-0.2, -0.15) is 0 Å². The van der Waals surface area contributed by atoms with E-state index in [1.165, 1.54) is 11.3 Å². The van der Waals surface area contributed by atoms with Gasteiger partial charge in [0.2, 0.25) is 5.91 Å². The van der Waals surface area contributed by atoms with Crippen molar-refractivity contribution < 1.29 is 14.8 Å². The molecule has 7 heteroatoms. The predicted molar refractivity (Wildman–Crippen MR) is 97.2 cm³/mol. The monoisotopic (exact) mass is 378 g/mol. The summed E-state index contributed by atoms with van der Waals surface area (Å²) in [6.45, 7) is 3.20. The van der Waals surface area contributed by atoms with Crippen LogP contribution in [0.25, 0.3) is 0 Å². The fourth-order valence-electron chi connectivity index (χ4n) is 3.01. The Bertz CT molecular complexity index is 788. The third-order valence-electron chi connectivity index (χ3n) is 4.46. The zero-order valence-corrected chi connectivity index (χ0v) is 15.4. The van der Waals surface area contributed by atoms with Crippen molar-refractivity contribution in [1.29, 1.82) is 0 Å². The molecule has 2 aromatic rings. The molecule has 1 atom stereocenters. The van der Waals surface area contributed by atoms with E-state index in [1.54, 1.807) is 11.5 Å².